The van der Waals surface area contributed by atoms with Gasteiger partial charge in [0, 0.05) is 18.4 Å². The van der Waals surface area contributed by atoms with Crippen molar-refractivity contribution in [3.8, 4) is 0 Å². The van der Waals surface area contributed by atoms with E-state index in [-0.39, 0.29) is 17.3 Å². The van der Waals surface area contributed by atoms with Crippen LogP contribution in [0.2, 0.25) is 0 Å². The molecule has 6 nitrogen and oxygen atoms in total. The maximum atomic E-state index is 12.5. The van der Waals surface area contributed by atoms with Crippen molar-refractivity contribution in [3.63, 3.8) is 0 Å². The number of sulfonamides is 1. The van der Waals surface area contributed by atoms with Crippen molar-refractivity contribution in [2.75, 3.05) is 30.9 Å². The van der Waals surface area contributed by atoms with Gasteiger partial charge in [0.05, 0.1) is 11.4 Å². The van der Waals surface area contributed by atoms with Crippen LogP contribution in [0.1, 0.15) is 5.56 Å². The van der Waals surface area contributed by atoms with Crippen LogP contribution >= 0.6 is 0 Å². The molecule has 0 atom stereocenters. The lowest BCUT2D eigenvalue weighted by atomic mass is 10.1. The van der Waals surface area contributed by atoms with Gasteiger partial charge in [-0.25, -0.2) is 13.1 Å². The molecule has 0 radical (unpaired) electrons. The topological polar surface area (TPSA) is 78.5 Å². The minimum absolute atomic E-state index is 0.139. The molecule has 0 aliphatic heterocycles. The quantitative estimate of drug-likeness (QED) is 0.670. The van der Waals surface area contributed by atoms with Crippen LogP contribution in [0, 0.1) is 6.92 Å². The zero-order valence-electron chi connectivity index (χ0n) is 16.1. The third kappa shape index (κ3) is 4.32. The van der Waals surface area contributed by atoms with Crippen molar-refractivity contribution in [1.82, 2.24) is 4.72 Å². The summed E-state index contributed by atoms with van der Waals surface area (Å²) in [4.78, 5) is 14.5. The Labute approximate surface area is 165 Å². The molecule has 2 N–H and O–H groups in total. The minimum atomic E-state index is -3.59. The van der Waals surface area contributed by atoms with Crippen LogP contribution in [0.3, 0.4) is 0 Å². The van der Waals surface area contributed by atoms with E-state index in [9.17, 15) is 13.2 Å². The zero-order valence-corrected chi connectivity index (χ0v) is 16.9. The largest absolute Gasteiger partial charge is 0.365 e. The van der Waals surface area contributed by atoms with Crippen molar-refractivity contribution in [2.24, 2.45) is 0 Å². The number of nitrogens with zero attached hydrogens (tertiary/aromatic N) is 1. The second kappa shape index (κ2) is 8.00. The summed E-state index contributed by atoms with van der Waals surface area (Å²) in [5, 5.41) is 5.02. The predicted molar refractivity (Wildman–Crippen MR) is 113 cm³/mol. The monoisotopic (exact) mass is 397 g/mol. The van der Waals surface area contributed by atoms with Crippen LogP contribution in [0.4, 0.5) is 11.4 Å². The second-order valence-electron chi connectivity index (χ2n) is 6.62. The summed E-state index contributed by atoms with van der Waals surface area (Å²) in [5.74, 6) is -0.229. The summed E-state index contributed by atoms with van der Waals surface area (Å²) < 4.78 is 26.5. The molecule has 0 bridgehead atoms. The molecule has 0 saturated carbocycles. The van der Waals surface area contributed by atoms with E-state index in [2.05, 4.69) is 10.0 Å². The standard InChI is InChI=1S/C21H23N3O3S/c1-15-8-10-18(13-20(15)28(26,27)22-2)23-21(25)14-24(3)19-11-9-16-6-4-5-7-17(16)12-19/h4-13,22H,14H2,1-3H3,(H,23,25). The summed E-state index contributed by atoms with van der Waals surface area (Å²) in [5.41, 5.74) is 1.98. The number of benzene rings is 3. The van der Waals surface area contributed by atoms with Crippen LogP contribution in [-0.2, 0) is 14.8 Å². The third-order valence-electron chi connectivity index (χ3n) is 4.58. The lowest BCUT2D eigenvalue weighted by Crippen LogP contribution is -2.30. The van der Waals surface area contributed by atoms with E-state index in [0.717, 1.165) is 16.5 Å². The summed E-state index contributed by atoms with van der Waals surface area (Å²) in [6.45, 7) is 1.85. The highest BCUT2D eigenvalue weighted by Crippen LogP contribution is 2.22. The summed E-state index contributed by atoms with van der Waals surface area (Å²) in [6, 6.07) is 18.9. The van der Waals surface area contributed by atoms with Gasteiger partial charge in [-0.05, 0) is 54.6 Å². The summed E-state index contributed by atoms with van der Waals surface area (Å²) >= 11 is 0. The van der Waals surface area contributed by atoms with Crippen molar-refractivity contribution in [3.05, 3.63) is 66.2 Å². The fraction of sp³-hybridized carbons (Fsp3) is 0.190. The van der Waals surface area contributed by atoms with Gasteiger partial charge < -0.3 is 10.2 Å². The van der Waals surface area contributed by atoms with Gasteiger partial charge in [-0.2, -0.15) is 0 Å². The molecule has 0 fully saturated rings. The van der Waals surface area contributed by atoms with Crippen molar-refractivity contribution in [1.29, 1.82) is 0 Å². The molecule has 146 valence electrons. The Morgan fingerprint density at radius 3 is 2.43 bits per heavy atom. The highest BCUT2D eigenvalue weighted by atomic mass is 32.2. The number of hydrogen-bond acceptors (Lipinski definition) is 4. The van der Waals surface area contributed by atoms with Crippen molar-refractivity contribution < 1.29 is 13.2 Å². The first-order valence-electron chi connectivity index (χ1n) is 8.84. The van der Waals surface area contributed by atoms with E-state index in [1.807, 2.05) is 54.4 Å². The van der Waals surface area contributed by atoms with Crippen LogP contribution < -0.4 is 14.9 Å². The van der Waals surface area contributed by atoms with Gasteiger partial charge in [-0.15, -0.1) is 0 Å². The lowest BCUT2D eigenvalue weighted by molar-refractivity contribution is -0.114. The lowest BCUT2D eigenvalue weighted by Gasteiger charge is -2.19. The highest BCUT2D eigenvalue weighted by molar-refractivity contribution is 7.89. The number of amides is 1. The predicted octanol–water partition coefficient (Wildman–Crippen LogP) is 3.13. The van der Waals surface area contributed by atoms with Crippen LogP contribution in [0.15, 0.2) is 65.6 Å². The molecule has 3 aromatic carbocycles. The molecule has 1 amide bonds. The molecule has 0 aliphatic rings. The number of rotatable bonds is 6. The van der Waals surface area contributed by atoms with Crippen molar-refractivity contribution in [2.45, 2.75) is 11.8 Å². The van der Waals surface area contributed by atoms with E-state index in [1.54, 1.807) is 19.1 Å². The number of hydrogen-bond donors (Lipinski definition) is 2. The molecule has 0 aliphatic carbocycles. The molecular formula is C21H23N3O3S. The zero-order chi connectivity index (χ0) is 20.3. The van der Waals surface area contributed by atoms with Gasteiger partial charge in [-0.1, -0.05) is 36.4 Å². The van der Waals surface area contributed by atoms with Crippen LogP contribution in [-0.4, -0.2) is 35.0 Å². The molecule has 0 spiro atoms. The van der Waals surface area contributed by atoms with E-state index < -0.39 is 10.0 Å². The van der Waals surface area contributed by atoms with Gasteiger partial charge in [-0.3, -0.25) is 4.79 Å². The number of carbonyl (C=O) groups excluding carboxylic acids is 1. The van der Waals surface area contributed by atoms with E-state index >= 15 is 0 Å². The van der Waals surface area contributed by atoms with Gasteiger partial charge in [0.25, 0.3) is 0 Å². The number of nitrogens with one attached hydrogen (secondary N) is 2. The third-order valence-corrected chi connectivity index (χ3v) is 6.14. The second-order valence-corrected chi connectivity index (χ2v) is 8.48. The molecule has 3 aromatic rings. The smallest absolute Gasteiger partial charge is 0.243 e. The first-order valence-corrected chi connectivity index (χ1v) is 10.3. The number of fused-ring (bicyclic) bond motifs is 1. The molecule has 3 rings (SSSR count). The Balaban J connectivity index is 1.73. The average molecular weight is 398 g/mol. The average Bonchev–Trinajstić information content (AvgIpc) is 2.68. The first kappa shape index (κ1) is 19.9. The van der Waals surface area contributed by atoms with Crippen LogP contribution in [0.5, 0.6) is 0 Å². The Morgan fingerprint density at radius 2 is 1.71 bits per heavy atom. The van der Waals surface area contributed by atoms with E-state index in [1.165, 1.54) is 13.1 Å². The molecule has 0 saturated heterocycles. The molecule has 0 unspecified atom stereocenters. The van der Waals surface area contributed by atoms with Gasteiger partial charge in [0.2, 0.25) is 15.9 Å². The van der Waals surface area contributed by atoms with E-state index in [0.29, 0.717) is 11.3 Å². The molecular weight excluding hydrogens is 374 g/mol. The molecule has 0 heterocycles. The summed E-state index contributed by atoms with van der Waals surface area (Å²) in [7, 11) is -0.383. The minimum Gasteiger partial charge on any atom is -0.365 e. The fourth-order valence-corrected chi connectivity index (χ4v) is 3.99. The highest BCUT2D eigenvalue weighted by Gasteiger charge is 2.16. The Kier molecular flexibility index (Phi) is 5.67. The van der Waals surface area contributed by atoms with Crippen LogP contribution in [0.25, 0.3) is 10.8 Å². The molecule has 7 heteroatoms. The van der Waals surface area contributed by atoms with Gasteiger partial charge in [0.1, 0.15) is 0 Å². The van der Waals surface area contributed by atoms with Crippen molar-refractivity contribution >= 4 is 38.1 Å². The summed E-state index contributed by atoms with van der Waals surface area (Å²) in [6.07, 6.45) is 0. The first-order chi connectivity index (χ1) is 13.3. The SMILES string of the molecule is CNS(=O)(=O)c1cc(NC(=O)CN(C)c2ccc3ccccc3c2)ccc1C. The Morgan fingerprint density at radius 1 is 1.00 bits per heavy atom. The Bertz CT molecular complexity index is 1130. The molecule has 0 aromatic heterocycles. The number of anilines is 2. The normalized spacial score (nSPS) is 11.4. The fourth-order valence-electron chi connectivity index (χ4n) is 3.00. The number of likely N-dealkylation sites (N-methyl/N-ethyl adjacent to an activating group) is 1. The van der Waals surface area contributed by atoms with Gasteiger partial charge >= 0.3 is 0 Å². The molecule has 28 heavy (non-hydrogen) atoms. The number of aryl methyl sites for hydroxylation is 1. The maximum Gasteiger partial charge on any atom is 0.243 e. The maximum absolute atomic E-state index is 12.5. The van der Waals surface area contributed by atoms with Gasteiger partial charge in [0.15, 0.2) is 0 Å². The Hall–Kier alpha value is -2.90. The number of carbonyl (C=O) groups is 1. The van der Waals surface area contributed by atoms with E-state index in [4.69, 9.17) is 0 Å².